The summed E-state index contributed by atoms with van der Waals surface area (Å²) >= 11 is 5.72. The molecule has 1 amide bonds. The maximum Gasteiger partial charge on any atom is 0.228 e. The number of rotatable bonds is 3. The fourth-order valence-electron chi connectivity index (χ4n) is 1.35. The van der Waals surface area contributed by atoms with E-state index in [1.165, 1.54) is 0 Å². The van der Waals surface area contributed by atoms with Gasteiger partial charge in [0.15, 0.2) is 5.78 Å². The molecule has 1 N–H and O–H groups in total. The van der Waals surface area contributed by atoms with Crippen LogP contribution in [0, 0.1) is 0 Å². The molecule has 0 aliphatic rings. The van der Waals surface area contributed by atoms with E-state index in [9.17, 15) is 9.59 Å². The molecule has 4 heteroatoms. The SMILES string of the molecule is CC(C)(C)NC(=O)CC(=O)c1ccc(Cl)cc1. The summed E-state index contributed by atoms with van der Waals surface area (Å²) in [7, 11) is 0. The zero-order valence-electron chi connectivity index (χ0n) is 10.2. The molecule has 0 heterocycles. The van der Waals surface area contributed by atoms with Gasteiger partial charge in [-0.2, -0.15) is 0 Å². The fourth-order valence-corrected chi connectivity index (χ4v) is 1.47. The number of hydrogen-bond acceptors (Lipinski definition) is 2. The molecule has 0 fully saturated rings. The molecule has 0 spiro atoms. The van der Waals surface area contributed by atoms with Gasteiger partial charge in [0.1, 0.15) is 0 Å². The maximum atomic E-state index is 11.7. The first-order valence-electron chi connectivity index (χ1n) is 5.38. The van der Waals surface area contributed by atoms with Crippen molar-refractivity contribution in [3.05, 3.63) is 34.9 Å². The first kappa shape index (κ1) is 13.7. The lowest BCUT2D eigenvalue weighted by molar-refractivity contribution is -0.121. The van der Waals surface area contributed by atoms with Crippen molar-refractivity contribution in [2.24, 2.45) is 0 Å². The van der Waals surface area contributed by atoms with Crippen LogP contribution >= 0.6 is 11.6 Å². The molecular weight excluding hydrogens is 238 g/mol. The molecule has 0 saturated carbocycles. The molecule has 0 aliphatic heterocycles. The smallest absolute Gasteiger partial charge is 0.228 e. The molecule has 0 bridgehead atoms. The molecule has 17 heavy (non-hydrogen) atoms. The van der Waals surface area contributed by atoms with Crippen molar-refractivity contribution in [2.45, 2.75) is 32.7 Å². The monoisotopic (exact) mass is 253 g/mol. The van der Waals surface area contributed by atoms with Crippen molar-refractivity contribution in [2.75, 3.05) is 0 Å². The summed E-state index contributed by atoms with van der Waals surface area (Å²) in [6.07, 6.45) is -0.140. The Balaban J connectivity index is 2.61. The van der Waals surface area contributed by atoms with Gasteiger partial charge in [-0.3, -0.25) is 9.59 Å². The van der Waals surface area contributed by atoms with Crippen LogP contribution in [0.4, 0.5) is 0 Å². The van der Waals surface area contributed by atoms with Crippen LogP contribution in [0.25, 0.3) is 0 Å². The lowest BCUT2D eigenvalue weighted by Crippen LogP contribution is -2.41. The molecule has 0 radical (unpaired) electrons. The van der Waals surface area contributed by atoms with E-state index in [0.717, 1.165) is 0 Å². The van der Waals surface area contributed by atoms with Gasteiger partial charge in [-0.05, 0) is 45.0 Å². The Morgan fingerprint density at radius 3 is 2.18 bits per heavy atom. The summed E-state index contributed by atoms with van der Waals surface area (Å²) in [4.78, 5) is 23.3. The second-order valence-electron chi connectivity index (χ2n) is 4.91. The summed E-state index contributed by atoms with van der Waals surface area (Å²) in [6.45, 7) is 5.62. The van der Waals surface area contributed by atoms with Gasteiger partial charge in [-0.1, -0.05) is 11.6 Å². The molecule has 1 aromatic rings. The molecule has 3 nitrogen and oxygen atoms in total. The number of Topliss-reactive ketones (excluding diaryl/α,β-unsaturated/α-hetero) is 1. The van der Waals surface area contributed by atoms with Crippen molar-refractivity contribution in [3.8, 4) is 0 Å². The summed E-state index contributed by atoms with van der Waals surface area (Å²) in [5.41, 5.74) is 0.177. The largest absolute Gasteiger partial charge is 0.351 e. The Bertz CT molecular complexity index is 418. The number of ketones is 1. The van der Waals surface area contributed by atoms with Gasteiger partial charge in [-0.15, -0.1) is 0 Å². The highest BCUT2D eigenvalue weighted by Gasteiger charge is 2.17. The predicted octanol–water partition coefficient (Wildman–Crippen LogP) is 2.83. The van der Waals surface area contributed by atoms with E-state index in [-0.39, 0.29) is 23.7 Å². The van der Waals surface area contributed by atoms with Crippen LogP contribution in [-0.2, 0) is 4.79 Å². The van der Waals surface area contributed by atoms with E-state index < -0.39 is 0 Å². The van der Waals surface area contributed by atoms with E-state index in [4.69, 9.17) is 11.6 Å². The predicted molar refractivity (Wildman–Crippen MR) is 68.3 cm³/mol. The van der Waals surface area contributed by atoms with Crippen LogP contribution in [0.3, 0.4) is 0 Å². The number of carbonyl (C=O) groups is 2. The van der Waals surface area contributed by atoms with Gasteiger partial charge in [-0.25, -0.2) is 0 Å². The molecule has 92 valence electrons. The standard InChI is InChI=1S/C13H16ClNO2/c1-13(2,3)15-12(17)8-11(16)9-4-6-10(14)7-5-9/h4-7H,8H2,1-3H3,(H,15,17). The third-order valence-electron chi connectivity index (χ3n) is 2.00. The maximum absolute atomic E-state index is 11.7. The van der Waals surface area contributed by atoms with Crippen LogP contribution in [0.5, 0.6) is 0 Å². The van der Waals surface area contributed by atoms with Crippen molar-refractivity contribution >= 4 is 23.3 Å². The zero-order valence-corrected chi connectivity index (χ0v) is 11.0. The normalized spacial score (nSPS) is 11.1. The Morgan fingerprint density at radius 2 is 1.71 bits per heavy atom. The zero-order chi connectivity index (χ0) is 13.1. The number of nitrogens with one attached hydrogen (secondary N) is 1. The highest BCUT2D eigenvalue weighted by Crippen LogP contribution is 2.11. The Hall–Kier alpha value is -1.35. The molecule has 0 saturated heterocycles. The van der Waals surface area contributed by atoms with E-state index in [1.54, 1.807) is 24.3 Å². The van der Waals surface area contributed by atoms with Crippen molar-refractivity contribution in [3.63, 3.8) is 0 Å². The molecule has 0 unspecified atom stereocenters. The van der Waals surface area contributed by atoms with Crippen LogP contribution in [0.1, 0.15) is 37.6 Å². The Kier molecular flexibility index (Phi) is 4.29. The van der Waals surface area contributed by atoms with E-state index in [1.807, 2.05) is 20.8 Å². The lowest BCUT2D eigenvalue weighted by atomic mass is 10.1. The minimum atomic E-state index is -0.322. The average molecular weight is 254 g/mol. The van der Waals surface area contributed by atoms with Crippen molar-refractivity contribution in [1.29, 1.82) is 0 Å². The molecule has 1 rings (SSSR count). The number of carbonyl (C=O) groups excluding carboxylic acids is 2. The average Bonchev–Trinajstić information content (AvgIpc) is 2.15. The van der Waals surface area contributed by atoms with Gasteiger partial charge in [0.25, 0.3) is 0 Å². The van der Waals surface area contributed by atoms with E-state index in [2.05, 4.69) is 5.32 Å². The summed E-state index contributed by atoms with van der Waals surface area (Å²) in [5, 5.41) is 3.32. The molecular formula is C13H16ClNO2. The summed E-state index contributed by atoms with van der Waals surface area (Å²) < 4.78 is 0. The Labute approximate surface area is 106 Å². The fraction of sp³-hybridized carbons (Fsp3) is 0.385. The third-order valence-corrected chi connectivity index (χ3v) is 2.25. The first-order valence-corrected chi connectivity index (χ1v) is 5.75. The van der Waals surface area contributed by atoms with Crippen LogP contribution in [-0.4, -0.2) is 17.2 Å². The lowest BCUT2D eigenvalue weighted by Gasteiger charge is -2.20. The molecule has 1 aromatic carbocycles. The summed E-state index contributed by atoms with van der Waals surface area (Å²) in [5.74, 6) is -0.471. The number of hydrogen-bond donors (Lipinski definition) is 1. The second kappa shape index (κ2) is 5.32. The van der Waals surface area contributed by atoms with Crippen LogP contribution in [0.15, 0.2) is 24.3 Å². The highest BCUT2D eigenvalue weighted by molar-refractivity contribution is 6.30. The van der Waals surface area contributed by atoms with E-state index in [0.29, 0.717) is 10.6 Å². The van der Waals surface area contributed by atoms with Crippen molar-refractivity contribution in [1.82, 2.24) is 5.32 Å². The topological polar surface area (TPSA) is 46.2 Å². The molecule has 0 atom stereocenters. The van der Waals surface area contributed by atoms with Crippen molar-refractivity contribution < 1.29 is 9.59 Å². The second-order valence-corrected chi connectivity index (χ2v) is 5.34. The van der Waals surface area contributed by atoms with Gasteiger partial charge in [0.2, 0.25) is 5.91 Å². The highest BCUT2D eigenvalue weighted by atomic mass is 35.5. The van der Waals surface area contributed by atoms with Crippen LogP contribution in [0.2, 0.25) is 5.02 Å². The van der Waals surface area contributed by atoms with Gasteiger partial charge in [0, 0.05) is 16.1 Å². The quantitative estimate of drug-likeness (QED) is 0.665. The van der Waals surface area contributed by atoms with Crippen LogP contribution < -0.4 is 5.32 Å². The summed E-state index contributed by atoms with van der Waals surface area (Å²) in [6, 6.07) is 6.51. The third kappa shape index (κ3) is 5.00. The Morgan fingerprint density at radius 1 is 1.18 bits per heavy atom. The van der Waals surface area contributed by atoms with E-state index >= 15 is 0 Å². The van der Waals surface area contributed by atoms with Gasteiger partial charge in [0.05, 0.1) is 6.42 Å². The number of benzene rings is 1. The minimum Gasteiger partial charge on any atom is -0.351 e. The van der Waals surface area contributed by atoms with Gasteiger partial charge >= 0.3 is 0 Å². The van der Waals surface area contributed by atoms with Gasteiger partial charge < -0.3 is 5.32 Å². The first-order chi connectivity index (χ1) is 7.78. The number of halogens is 1. The molecule has 0 aromatic heterocycles. The number of amides is 1. The minimum absolute atomic E-state index is 0.140. The molecule has 0 aliphatic carbocycles.